The van der Waals surface area contributed by atoms with Crippen molar-refractivity contribution < 1.29 is 13.2 Å². The Bertz CT molecular complexity index is 584. The van der Waals surface area contributed by atoms with Gasteiger partial charge in [-0.1, -0.05) is 11.6 Å². The fraction of sp³-hybridized carbons (Fsp3) is 0.364. The number of aromatic nitrogens is 2. The second kappa shape index (κ2) is 3.38. The number of halogens is 4. The van der Waals surface area contributed by atoms with E-state index in [0.29, 0.717) is 11.1 Å². The number of hydrogen-bond donors (Lipinski definition) is 0. The van der Waals surface area contributed by atoms with Crippen molar-refractivity contribution in [1.29, 1.82) is 0 Å². The summed E-state index contributed by atoms with van der Waals surface area (Å²) in [6, 6.07) is 2.87. The van der Waals surface area contributed by atoms with Crippen LogP contribution in [0.4, 0.5) is 13.2 Å². The summed E-state index contributed by atoms with van der Waals surface area (Å²) in [5.74, 6) is 0.243. The van der Waals surface area contributed by atoms with E-state index in [1.165, 1.54) is 12.3 Å². The highest BCUT2D eigenvalue weighted by atomic mass is 35.5. The highest BCUT2D eigenvalue weighted by Crippen LogP contribution is 2.43. The molecule has 1 aliphatic rings. The first-order valence-corrected chi connectivity index (χ1v) is 5.59. The van der Waals surface area contributed by atoms with Crippen molar-refractivity contribution in [3.8, 4) is 0 Å². The average molecular weight is 261 g/mol. The van der Waals surface area contributed by atoms with E-state index in [4.69, 9.17) is 11.6 Å². The fourth-order valence-corrected chi connectivity index (χ4v) is 2.11. The Morgan fingerprint density at radius 3 is 2.59 bits per heavy atom. The van der Waals surface area contributed by atoms with Gasteiger partial charge in [-0.2, -0.15) is 18.3 Å². The number of hydrogen-bond acceptors (Lipinski definition) is 1. The molecule has 0 aliphatic heterocycles. The molecule has 0 amide bonds. The Labute approximate surface area is 100.0 Å². The molecule has 3 rings (SSSR count). The van der Waals surface area contributed by atoms with E-state index in [-0.39, 0.29) is 10.9 Å². The van der Waals surface area contributed by atoms with Gasteiger partial charge in [0.2, 0.25) is 0 Å². The van der Waals surface area contributed by atoms with Crippen molar-refractivity contribution in [3.63, 3.8) is 0 Å². The minimum absolute atomic E-state index is 0.243. The second-order valence-electron chi connectivity index (χ2n) is 4.24. The maximum atomic E-state index is 12.9. The Hall–Kier alpha value is -1.23. The topological polar surface area (TPSA) is 17.3 Å². The van der Waals surface area contributed by atoms with Crippen molar-refractivity contribution in [2.24, 2.45) is 0 Å². The number of nitrogens with zero attached hydrogens (tertiary/aromatic N) is 2. The van der Waals surface area contributed by atoms with Gasteiger partial charge in [-0.25, -0.2) is 4.52 Å². The van der Waals surface area contributed by atoms with Gasteiger partial charge in [-0.15, -0.1) is 0 Å². The number of fused-ring (bicyclic) bond motifs is 1. The van der Waals surface area contributed by atoms with E-state index in [1.54, 1.807) is 6.07 Å². The highest BCUT2D eigenvalue weighted by molar-refractivity contribution is 6.33. The zero-order chi connectivity index (χ0) is 12.2. The summed E-state index contributed by atoms with van der Waals surface area (Å²) in [5.41, 5.74) is 0.263. The lowest BCUT2D eigenvalue weighted by Gasteiger charge is -2.11. The van der Waals surface area contributed by atoms with Gasteiger partial charge in [0.1, 0.15) is 5.69 Å². The second-order valence-corrected chi connectivity index (χ2v) is 4.64. The Morgan fingerprint density at radius 1 is 1.29 bits per heavy atom. The van der Waals surface area contributed by atoms with Crippen LogP contribution in [-0.4, -0.2) is 9.61 Å². The zero-order valence-corrected chi connectivity index (χ0v) is 9.39. The largest absolute Gasteiger partial charge is 0.433 e. The molecule has 0 radical (unpaired) electrons. The minimum Gasteiger partial charge on any atom is -0.227 e. The van der Waals surface area contributed by atoms with Gasteiger partial charge >= 0.3 is 6.18 Å². The van der Waals surface area contributed by atoms with Crippen LogP contribution in [0.2, 0.25) is 5.02 Å². The Morgan fingerprint density at radius 2 is 2.00 bits per heavy atom. The standard InChI is InChI=1S/C11H8ClF3N2/c12-8-5-16-17-9(8)3-7(6-1-2-6)4-10(17)11(13,14)15/h3-6H,1-2H2. The van der Waals surface area contributed by atoms with Gasteiger partial charge in [0.05, 0.1) is 16.7 Å². The first kappa shape index (κ1) is 10.9. The molecule has 2 aromatic rings. The highest BCUT2D eigenvalue weighted by Gasteiger charge is 2.36. The molecule has 2 aromatic heterocycles. The molecular weight excluding hydrogens is 253 g/mol. The molecule has 0 aromatic carbocycles. The summed E-state index contributed by atoms with van der Waals surface area (Å²) in [7, 11) is 0. The smallest absolute Gasteiger partial charge is 0.227 e. The Kier molecular flexibility index (Phi) is 2.17. The van der Waals surface area contributed by atoms with Crippen molar-refractivity contribution in [2.75, 3.05) is 0 Å². The molecule has 2 nitrogen and oxygen atoms in total. The van der Waals surface area contributed by atoms with Crippen LogP contribution >= 0.6 is 11.6 Å². The van der Waals surface area contributed by atoms with Crippen LogP contribution in [0.3, 0.4) is 0 Å². The molecular formula is C11H8ClF3N2. The molecule has 0 spiro atoms. The van der Waals surface area contributed by atoms with Gasteiger partial charge in [-0.05, 0) is 36.5 Å². The van der Waals surface area contributed by atoms with Crippen LogP contribution in [0.5, 0.6) is 0 Å². The van der Waals surface area contributed by atoms with E-state index >= 15 is 0 Å². The molecule has 0 atom stereocenters. The lowest BCUT2D eigenvalue weighted by molar-refractivity contribution is -0.142. The third-order valence-electron chi connectivity index (χ3n) is 2.93. The van der Waals surface area contributed by atoms with Gasteiger partial charge in [0, 0.05) is 0 Å². The van der Waals surface area contributed by atoms with Crippen LogP contribution in [0.25, 0.3) is 5.52 Å². The number of rotatable bonds is 1. The SMILES string of the molecule is FC(F)(F)c1cc(C2CC2)cc2c(Cl)cnn12. The van der Waals surface area contributed by atoms with Crippen LogP contribution in [0.1, 0.15) is 30.0 Å². The van der Waals surface area contributed by atoms with Gasteiger partial charge in [-0.3, -0.25) is 0 Å². The summed E-state index contributed by atoms with van der Waals surface area (Å²) in [5, 5.41) is 3.92. The average Bonchev–Trinajstić information content (AvgIpc) is 3.02. The summed E-state index contributed by atoms with van der Waals surface area (Å²) in [6.45, 7) is 0. The molecule has 0 unspecified atom stereocenters. The van der Waals surface area contributed by atoms with Crippen molar-refractivity contribution in [2.45, 2.75) is 24.9 Å². The minimum atomic E-state index is -4.42. The van der Waals surface area contributed by atoms with Gasteiger partial charge in [0.25, 0.3) is 0 Å². The molecule has 1 saturated carbocycles. The van der Waals surface area contributed by atoms with Gasteiger partial charge in [0.15, 0.2) is 0 Å². The lowest BCUT2D eigenvalue weighted by atomic mass is 10.1. The van der Waals surface area contributed by atoms with E-state index in [9.17, 15) is 13.2 Å². The van der Waals surface area contributed by atoms with Crippen LogP contribution < -0.4 is 0 Å². The third kappa shape index (κ3) is 1.78. The molecule has 90 valence electrons. The van der Waals surface area contributed by atoms with E-state index < -0.39 is 11.9 Å². The molecule has 1 aliphatic carbocycles. The zero-order valence-electron chi connectivity index (χ0n) is 8.63. The maximum absolute atomic E-state index is 12.9. The molecule has 0 N–H and O–H groups in total. The quantitative estimate of drug-likeness (QED) is 0.760. The first-order chi connectivity index (χ1) is 7.97. The van der Waals surface area contributed by atoms with Gasteiger partial charge < -0.3 is 0 Å². The predicted octanol–water partition coefficient (Wildman–Crippen LogP) is 3.88. The summed E-state index contributed by atoms with van der Waals surface area (Å²) < 4.78 is 39.5. The lowest BCUT2D eigenvalue weighted by Crippen LogP contribution is -2.13. The number of pyridine rings is 1. The molecule has 1 fully saturated rings. The van der Waals surface area contributed by atoms with E-state index in [0.717, 1.165) is 17.4 Å². The molecule has 17 heavy (non-hydrogen) atoms. The van der Waals surface area contributed by atoms with E-state index in [2.05, 4.69) is 5.10 Å². The molecule has 0 bridgehead atoms. The van der Waals surface area contributed by atoms with Crippen LogP contribution in [0.15, 0.2) is 18.3 Å². The van der Waals surface area contributed by atoms with Crippen molar-refractivity contribution >= 4 is 17.1 Å². The maximum Gasteiger partial charge on any atom is 0.433 e. The number of alkyl halides is 3. The third-order valence-corrected chi connectivity index (χ3v) is 3.22. The fourth-order valence-electron chi connectivity index (χ4n) is 1.93. The van der Waals surface area contributed by atoms with Crippen molar-refractivity contribution in [3.05, 3.63) is 34.6 Å². The molecule has 2 heterocycles. The predicted molar refractivity (Wildman–Crippen MR) is 57.2 cm³/mol. The normalized spacial score (nSPS) is 16.7. The summed E-state index contributed by atoms with van der Waals surface area (Å²) in [6.07, 6.45) is -1.29. The molecule has 0 saturated heterocycles. The van der Waals surface area contributed by atoms with Crippen LogP contribution in [-0.2, 0) is 6.18 Å². The Balaban J connectivity index is 2.30. The van der Waals surface area contributed by atoms with Crippen LogP contribution in [0, 0.1) is 0 Å². The van der Waals surface area contributed by atoms with Crippen molar-refractivity contribution in [1.82, 2.24) is 9.61 Å². The molecule has 6 heteroatoms. The monoisotopic (exact) mass is 260 g/mol. The summed E-state index contributed by atoms with van der Waals surface area (Å²) in [4.78, 5) is 0. The first-order valence-electron chi connectivity index (χ1n) is 5.21. The summed E-state index contributed by atoms with van der Waals surface area (Å²) >= 11 is 5.84. The van der Waals surface area contributed by atoms with E-state index in [1.807, 2.05) is 0 Å².